The third-order valence-corrected chi connectivity index (χ3v) is 7.00. The molecule has 8 nitrogen and oxygen atoms in total. The van der Waals surface area contributed by atoms with Gasteiger partial charge in [0, 0.05) is 25.7 Å². The molecule has 0 unspecified atom stereocenters. The minimum absolute atomic E-state index is 0.104. The van der Waals surface area contributed by atoms with E-state index in [1.807, 2.05) is 0 Å². The van der Waals surface area contributed by atoms with E-state index in [0.717, 1.165) is 0 Å². The first kappa shape index (κ1) is 19.8. The van der Waals surface area contributed by atoms with Crippen molar-refractivity contribution in [2.45, 2.75) is 23.5 Å². The minimum atomic E-state index is -3.84. The minimum Gasteiger partial charge on any atom is -0.487 e. The molecule has 0 aliphatic carbocycles. The molecule has 0 bridgehead atoms. The number of hydrogen-bond donors (Lipinski definition) is 0. The van der Waals surface area contributed by atoms with Crippen LogP contribution in [0.25, 0.3) is 0 Å². The standard InChI is InChI=1S/C20H23N3O5S/c24-20(22-9-11-27-12-10-22)19-13-17(28-16-5-4-8-21-14-16)15-23(19)29(25,26)18-6-2-1-3-7-18/h1-8,14,17,19H,9-13,15H2/t17-,19-/m0/s1. The molecule has 1 amide bonds. The van der Waals surface area contributed by atoms with E-state index < -0.39 is 22.2 Å². The van der Waals surface area contributed by atoms with E-state index in [4.69, 9.17) is 9.47 Å². The van der Waals surface area contributed by atoms with Crippen molar-refractivity contribution in [1.82, 2.24) is 14.2 Å². The highest BCUT2D eigenvalue weighted by Gasteiger charge is 2.46. The summed E-state index contributed by atoms with van der Waals surface area (Å²) in [5.74, 6) is 0.346. The Kier molecular flexibility index (Phi) is 5.79. The molecule has 0 radical (unpaired) electrons. The van der Waals surface area contributed by atoms with Crippen LogP contribution in [0.15, 0.2) is 59.8 Å². The van der Waals surface area contributed by atoms with Crippen LogP contribution in [0.4, 0.5) is 0 Å². The molecule has 2 atom stereocenters. The first-order valence-electron chi connectivity index (χ1n) is 9.56. The van der Waals surface area contributed by atoms with Crippen molar-refractivity contribution in [2.75, 3.05) is 32.8 Å². The fourth-order valence-corrected chi connectivity index (χ4v) is 5.32. The fourth-order valence-electron chi connectivity index (χ4n) is 3.68. The van der Waals surface area contributed by atoms with Crippen LogP contribution < -0.4 is 4.74 Å². The maximum absolute atomic E-state index is 13.3. The Hall–Kier alpha value is -2.49. The molecule has 3 heterocycles. The molecule has 1 aromatic carbocycles. The largest absolute Gasteiger partial charge is 0.487 e. The lowest BCUT2D eigenvalue weighted by Gasteiger charge is -2.31. The van der Waals surface area contributed by atoms with Crippen molar-refractivity contribution in [3.8, 4) is 5.75 Å². The highest BCUT2D eigenvalue weighted by Crippen LogP contribution is 2.30. The molecule has 2 aliphatic rings. The number of rotatable bonds is 5. The number of hydrogen-bond acceptors (Lipinski definition) is 6. The molecule has 2 aromatic rings. The van der Waals surface area contributed by atoms with Gasteiger partial charge in [0.2, 0.25) is 15.9 Å². The number of amides is 1. The topological polar surface area (TPSA) is 89.0 Å². The molecular formula is C20H23N3O5S. The van der Waals surface area contributed by atoms with Crippen molar-refractivity contribution in [2.24, 2.45) is 0 Å². The number of benzene rings is 1. The van der Waals surface area contributed by atoms with Crippen molar-refractivity contribution in [1.29, 1.82) is 0 Å². The molecule has 1 aromatic heterocycles. The van der Waals surface area contributed by atoms with Gasteiger partial charge < -0.3 is 14.4 Å². The summed E-state index contributed by atoms with van der Waals surface area (Å²) in [4.78, 5) is 19.0. The van der Waals surface area contributed by atoms with Gasteiger partial charge in [-0.15, -0.1) is 0 Å². The summed E-state index contributed by atoms with van der Waals surface area (Å²) in [6, 6.07) is 10.9. The molecule has 0 spiro atoms. The molecule has 9 heteroatoms. The van der Waals surface area contributed by atoms with Gasteiger partial charge in [0.15, 0.2) is 0 Å². The van der Waals surface area contributed by atoms with Crippen LogP contribution >= 0.6 is 0 Å². The van der Waals surface area contributed by atoms with Gasteiger partial charge in [-0.1, -0.05) is 18.2 Å². The Balaban J connectivity index is 1.61. The smallest absolute Gasteiger partial charge is 0.243 e. The van der Waals surface area contributed by atoms with Crippen molar-refractivity contribution < 1.29 is 22.7 Å². The number of pyridine rings is 1. The lowest BCUT2D eigenvalue weighted by atomic mass is 10.1. The lowest BCUT2D eigenvalue weighted by Crippen LogP contribution is -2.50. The Morgan fingerprint density at radius 3 is 2.55 bits per heavy atom. The Labute approximate surface area is 170 Å². The van der Waals surface area contributed by atoms with Crippen LogP contribution in [0.2, 0.25) is 0 Å². The maximum Gasteiger partial charge on any atom is 0.243 e. The van der Waals surface area contributed by atoms with E-state index in [1.165, 1.54) is 4.31 Å². The molecule has 29 heavy (non-hydrogen) atoms. The fraction of sp³-hybridized carbons (Fsp3) is 0.400. The monoisotopic (exact) mass is 417 g/mol. The molecule has 2 aliphatic heterocycles. The highest BCUT2D eigenvalue weighted by molar-refractivity contribution is 7.89. The third-order valence-electron chi connectivity index (χ3n) is 5.11. The summed E-state index contributed by atoms with van der Waals surface area (Å²) >= 11 is 0. The molecule has 2 saturated heterocycles. The maximum atomic E-state index is 13.3. The van der Waals surface area contributed by atoms with E-state index in [-0.39, 0.29) is 23.8 Å². The van der Waals surface area contributed by atoms with Crippen LogP contribution in [0.1, 0.15) is 6.42 Å². The first-order chi connectivity index (χ1) is 14.1. The zero-order valence-electron chi connectivity index (χ0n) is 15.9. The summed E-state index contributed by atoms with van der Waals surface area (Å²) in [7, 11) is -3.84. The number of carbonyl (C=O) groups is 1. The van der Waals surface area contributed by atoms with Crippen LogP contribution in [-0.2, 0) is 19.6 Å². The lowest BCUT2D eigenvalue weighted by molar-refractivity contribution is -0.138. The van der Waals surface area contributed by atoms with Gasteiger partial charge in [0.05, 0.1) is 30.9 Å². The van der Waals surface area contributed by atoms with E-state index in [2.05, 4.69) is 4.98 Å². The van der Waals surface area contributed by atoms with E-state index in [0.29, 0.717) is 32.1 Å². The van der Waals surface area contributed by atoms with Gasteiger partial charge in [-0.2, -0.15) is 4.31 Å². The predicted octanol–water partition coefficient (Wildman–Crippen LogP) is 1.15. The van der Waals surface area contributed by atoms with Crippen LogP contribution in [0.5, 0.6) is 5.75 Å². The quantitative estimate of drug-likeness (QED) is 0.725. The summed E-state index contributed by atoms with van der Waals surface area (Å²) < 4.78 is 39.1. The summed E-state index contributed by atoms with van der Waals surface area (Å²) in [6.45, 7) is 1.94. The Morgan fingerprint density at radius 2 is 1.86 bits per heavy atom. The third kappa shape index (κ3) is 4.26. The predicted molar refractivity (Wildman–Crippen MR) is 105 cm³/mol. The van der Waals surface area contributed by atoms with Crippen LogP contribution in [-0.4, -0.2) is 73.5 Å². The Morgan fingerprint density at radius 1 is 1.10 bits per heavy atom. The van der Waals surface area contributed by atoms with Gasteiger partial charge in [0.25, 0.3) is 0 Å². The first-order valence-corrected chi connectivity index (χ1v) is 11.0. The van der Waals surface area contributed by atoms with Crippen molar-refractivity contribution in [3.63, 3.8) is 0 Å². The molecule has 0 N–H and O–H groups in total. The Bertz CT molecular complexity index is 933. The summed E-state index contributed by atoms with van der Waals surface area (Å²) in [6.07, 6.45) is 3.07. The van der Waals surface area contributed by atoms with Gasteiger partial charge in [-0.3, -0.25) is 9.78 Å². The van der Waals surface area contributed by atoms with Gasteiger partial charge >= 0.3 is 0 Å². The van der Waals surface area contributed by atoms with Gasteiger partial charge in [-0.05, 0) is 24.3 Å². The average molecular weight is 417 g/mol. The number of morpholine rings is 1. The summed E-state index contributed by atoms with van der Waals surface area (Å²) in [5, 5.41) is 0. The molecule has 0 saturated carbocycles. The van der Waals surface area contributed by atoms with Crippen LogP contribution in [0, 0.1) is 0 Å². The second-order valence-electron chi connectivity index (χ2n) is 7.01. The molecule has 154 valence electrons. The zero-order chi connectivity index (χ0) is 20.3. The number of sulfonamides is 1. The number of nitrogens with zero attached hydrogens (tertiary/aromatic N) is 3. The van der Waals surface area contributed by atoms with Gasteiger partial charge in [-0.25, -0.2) is 8.42 Å². The average Bonchev–Trinajstić information content (AvgIpc) is 3.20. The van der Waals surface area contributed by atoms with E-state index in [1.54, 1.807) is 59.8 Å². The molecule has 2 fully saturated rings. The van der Waals surface area contributed by atoms with Crippen LogP contribution in [0.3, 0.4) is 0 Å². The molecule has 4 rings (SSSR count). The number of ether oxygens (including phenoxy) is 2. The zero-order valence-corrected chi connectivity index (χ0v) is 16.7. The van der Waals surface area contributed by atoms with Gasteiger partial charge in [0.1, 0.15) is 17.9 Å². The second-order valence-corrected chi connectivity index (χ2v) is 8.90. The molecular weight excluding hydrogens is 394 g/mol. The second kappa shape index (κ2) is 8.48. The highest BCUT2D eigenvalue weighted by atomic mass is 32.2. The number of aromatic nitrogens is 1. The van der Waals surface area contributed by atoms with E-state index >= 15 is 0 Å². The SMILES string of the molecule is O=C([C@@H]1C[C@H](Oc2cccnc2)CN1S(=O)(=O)c1ccccc1)N1CCOCC1. The van der Waals surface area contributed by atoms with Crippen molar-refractivity contribution in [3.05, 3.63) is 54.9 Å². The van der Waals surface area contributed by atoms with E-state index in [9.17, 15) is 13.2 Å². The number of carbonyl (C=O) groups excluding carboxylic acids is 1. The normalized spacial score (nSPS) is 23.1. The summed E-state index contributed by atoms with van der Waals surface area (Å²) in [5.41, 5.74) is 0. The van der Waals surface area contributed by atoms with Crippen molar-refractivity contribution >= 4 is 15.9 Å².